The number of sulfonamides is 1. The number of nitrogens with one attached hydrogen (secondary N) is 1. The summed E-state index contributed by atoms with van der Waals surface area (Å²) < 4.78 is 27.6. The number of benzene rings is 1. The number of aromatic nitrogens is 1. The molecule has 2 fully saturated rings. The molecule has 3 unspecified atom stereocenters. The summed E-state index contributed by atoms with van der Waals surface area (Å²) in [6.45, 7) is 8.15. The van der Waals surface area contributed by atoms with Gasteiger partial charge in [-0.1, -0.05) is 46.2 Å². The molecule has 1 aromatic carbocycles. The van der Waals surface area contributed by atoms with Crippen LogP contribution in [-0.2, 0) is 25.0 Å². The van der Waals surface area contributed by atoms with Crippen molar-refractivity contribution in [2.24, 2.45) is 0 Å². The van der Waals surface area contributed by atoms with Crippen molar-refractivity contribution in [1.29, 1.82) is 0 Å². The third-order valence-electron chi connectivity index (χ3n) is 7.10. The van der Waals surface area contributed by atoms with Gasteiger partial charge in [-0.05, 0) is 48.1 Å². The van der Waals surface area contributed by atoms with Gasteiger partial charge in [-0.2, -0.15) is 4.31 Å². The number of fused-ring (bicyclic) bond motifs is 1. The van der Waals surface area contributed by atoms with E-state index >= 15 is 0 Å². The molecule has 10 heteroatoms. The zero-order valence-electron chi connectivity index (χ0n) is 21.7. The van der Waals surface area contributed by atoms with Gasteiger partial charge < -0.3 is 10.2 Å². The first kappa shape index (κ1) is 26.9. The number of carbonyl (C=O) groups is 3. The Hall–Kier alpha value is -3.11. The predicted molar refractivity (Wildman–Crippen MR) is 138 cm³/mol. The quantitative estimate of drug-likeness (QED) is 0.593. The van der Waals surface area contributed by atoms with Crippen LogP contribution in [0.25, 0.3) is 0 Å². The largest absolute Gasteiger partial charge is 0.340 e. The molecule has 0 bridgehead atoms. The summed E-state index contributed by atoms with van der Waals surface area (Å²) in [5.74, 6) is -1.04. The molecule has 37 heavy (non-hydrogen) atoms. The molecule has 0 aliphatic carbocycles. The fourth-order valence-electron chi connectivity index (χ4n) is 5.09. The SMILES string of the molecule is CCCC(NC(=O)c1ccc(C(C)(C)C)cc1)C(=O)N1CCC2C1C(=O)CN2S(=O)(=O)c1cccnc1. The fourth-order valence-corrected chi connectivity index (χ4v) is 6.68. The molecule has 2 saturated heterocycles. The van der Waals surface area contributed by atoms with Gasteiger partial charge in [-0.15, -0.1) is 0 Å². The molecule has 9 nitrogen and oxygen atoms in total. The highest BCUT2D eigenvalue weighted by Crippen LogP contribution is 2.34. The van der Waals surface area contributed by atoms with E-state index in [9.17, 15) is 22.8 Å². The van der Waals surface area contributed by atoms with Crippen LogP contribution in [0.4, 0.5) is 0 Å². The number of hydrogen-bond acceptors (Lipinski definition) is 6. The lowest BCUT2D eigenvalue weighted by molar-refractivity contribution is -0.138. The van der Waals surface area contributed by atoms with Crippen molar-refractivity contribution in [2.45, 2.75) is 75.4 Å². The summed E-state index contributed by atoms with van der Waals surface area (Å²) in [5, 5.41) is 2.85. The summed E-state index contributed by atoms with van der Waals surface area (Å²) in [6, 6.07) is 7.98. The molecule has 1 N–H and O–H groups in total. The number of ketones is 1. The smallest absolute Gasteiger partial charge is 0.251 e. The first-order valence-corrected chi connectivity index (χ1v) is 14.1. The van der Waals surface area contributed by atoms with E-state index < -0.39 is 28.1 Å². The molecular weight excluding hydrogens is 492 g/mol. The number of amides is 2. The molecule has 2 aromatic rings. The third kappa shape index (κ3) is 5.31. The van der Waals surface area contributed by atoms with Crippen LogP contribution in [0.3, 0.4) is 0 Å². The topological polar surface area (TPSA) is 117 Å². The maximum Gasteiger partial charge on any atom is 0.251 e. The fraction of sp³-hybridized carbons (Fsp3) is 0.481. The summed E-state index contributed by atoms with van der Waals surface area (Å²) in [5.41, 5.74) is 1.50. The molecule has 198 valence electrons. The van der Waals surface area contributed by atoms with Crippen molar-refractivity contribution in [3.05, 3.63) is 59.9 Å². The van der Waals surface area contributed by atoms with Crippen LogP contribution >= 0.6 is 0 Å². The molecular formula is C27H34N4O5S. The summed E-state index contributed by atoms with van der Waals surface area (Å²) in [6.07, 6.45) is 4.14. The Kier molecular flexibility index (Phi) is 7.52. The second kappa shape index (κ2) is 10.3. The summed E-state index contributed by atoms with van der Waals surface area (Å²) >= 11 is 0. The first-order valence-electron chi connectivity index (χ1n) is 12.6. The zero-order valence-corrected chi connectivity index (χ0v) is 22.5. The molecule has 0 saturated carbocycles. The van der Waals surface area contributed by atoms with Gasteiger partial charge in [0.2, 0.25) is 15.9 Å². The van der Waals surface area contributed by atoms with E-state index in [1.165, 1.54) is 33.7 Å². The van der Waals surface area contributed by atoms with Crippen LogP contribution in [-0.4, -0.2) is 71.4 Å². The van der Waals surface area contributed by atoms with E-state index in [0.29, 0.717) is 24.8 Å². The average molecular weight is 527 g/mol. The van der Waals surface area contributed by atoms with Crippen LogP contribution in [0, 0.1) is 0 Å². The van der Waals surface area contributed by atoms with Crippen LogP contribution < -0.4 is 5.32 Å². The molecule has 2 aliphatic rings. The summed E-state index contributed by atoms with van der Waals surface area (Å²) in [4.78, 5) is 44.9. The lowest BCUT2D eigenvalue weighted by atomic mass is 9.86. The van der Waals surface area contributed by atoms with Crippen LogP contribution in [0.2, 0.25) is 0 Å². The second-order valence-corrected chi connectivity index (χ2v) is 12.6. The van der Waals surface area contributed by atoms with Gasteiger partial charge in [-0.25, -0.2) is 8.42 Å². The monoisotopic (exact) mass is 526 g/mol. The Bertz CT molecular complexity index is 1270. The number of rotatable bonds is 7. The maximum atomic E-state index is 13.6. The lowest BCUT2D eigenvalue weighted by Gasteiger charge is -2.28. The molecule has 2 aliphatic heterocycles. The molecule has 4 rings (SSSR count). The minimum Gasteiger partial charge on any atom is -0.340 e. The van der Waals surface area contributed by atoms with Gasteiger partial charge in [0.15, 0.2) is 5.78 Å². The minimum atomic E-state index is -3.93. The Morgan fingerprint density at radius 3 is 2.46 bits per heavy atom. The molecule has 1 aromatic heterocycles. The van der Waals surface area contributed by atoms with Gasteiger partial charge in [0.1, 0.15) is 17.0 Å². The number of likely N-dealkylation sites (tertiary alicyclic amines) is 1. The number of Topliss-reactive ketones (excluding diaryl/α,β-unsaturated/α-hetero) is 1. The van der Waals surface area contributed by atoms with Crippen molar-refractivity contribution in [3.8, 4) is 0 Å². The maximum absolute atomic E-state index is 13.6. The van der Waals surface area contributed by atoms with E-state index in [4.69, 9.17) is 0 Å². The second-order valence-electron chi connectivity index (χ2n) is 10.7. The van der Waals surface area contributed by atoms with Gasteiger partial charge in [-0.3, -0.25) is 19.4 Å². The minimum absolute atomic E-state index is 0.0156. The van der Waals surface area contributed by atoms with Crippen molar-refractivity contribution in [3.63, 3.8) is 0 Å². The highest BCUT2D eigenvalue weighted by molar-refractivity contribution is 7.89. The third-order valence-corrected chi connectivity index (χ3v) is 8.95. The zero-order chi connectivity index (χ0) is 27.0. The Morgan fingerprint density at radius 1 is 1.16 bits per heavy atom. The highest BCUT2D eigenvalue weighted by Gasteiger charge is 2.54. The molecule has 0 spiro atoms. The van der Waals surface area contributed by atoms with E-state index in [0.717, 1.165) is 5.56 Å². The molecule has 3 atom stereocenters. The Morgan fingerprint density at radius 2 is 1.86 bits per heavy atom. The Labute approximate surface area is 218 Å². The first-order chi connectivity index (χ1) is 17.4. The van der Waals surface area contributed by atoms with Gasteiger partial charge in [0.05, 0.1) is 12.6 Å². The number of hydrogen-bond donors (Lipinski definition) is 1. The molecule has 3 heterocycles. The summed E-state index contributed by atoms with van der Waals surface area (Å²) in [7, 11) is -3.93. The van der Waals surface area contributed by atoms with Crippen LogP contribution in [0.5, 0.6) is 0 Å². The number of carbonyl (C=O) groups excluding carboxylic acids is 3. The van der Waals surface area contributed by atoms with Gasteiger partial charge in [0, 0.05) is 24.5 Å². The van der Waals surface area contributed by atoms with E-state index in [-0.39, 0.29) is 41.0 Å². The normalized spacial score (nSPS) is 21.1. The van der Waals surface area contributed by atoms with E-state index in [1.807, 2.05) is 19.1 Å². The van der Waals surface area contributed by atoms with Crippen LogP contribution in [0.15, 0.2) is 53.7 Å². The lowest BCUT2D eigenvalue weighted by Crippen LogP contribution is -2.52. The number of pyridine rings is 1. The predicted octanol–water partition coefficient (Wildman–Crippen LogP) is 2.52. The van der Waals surface area contributed by atoms with E-state index in [2.05, 4.69) is 31.1 Å². The molecule has 2 amide bonds. The molecule has 0 radical (unpaired) electrons. The standard InChI is InChI=1S/C27H34N4O5S/c1-5-7-21(29-25(33)18-9-11-19(12-10-18)27(2,3)4)26(34)30-15-13-22-24(30)23(32)17-31(22)37(35,36)20-8-6-14-28-16-20/h6,8-12,14,16,21-22,24H,5,7,13,15,17H2,1-4H3,(H,29,33). The van der Waals surface area contributed by atoms with Gasteiger partial charge >= 0.3 is 0 Å². The van der Waals surface area contributed by atoms with Crippen LogP contribution in [0.1, 0.15) is 62.9 Å². The average Bonchev–Trinajstić information content (AvgIpc) is 3.45. The van der Waals surface area contributed by atoms with Crippen molar-refractivity contribution in [2.75, 3.05) is 13.1 Å². The van der Waals surface area contributed by atoms with Crippen molar-refractivity contribution < 1.29 is 22.8 Å². The van der Waals surface area contributed by atoms with Crippen molar-refractivity contribution >= 4 is 27.6 Å². The van der Waals surface area contributed by atoms with Crippen molar-refractivity contribution in [1.82, 2.24) is 19.5 Å². The Balaban J connectivity index is 1.50. The number of nitrogens with zero attached hydrogens (tertiary/aromatic N) is 3. The highest BCUT2D eigenvalue weighted by atomic mass is 32.2. The van der Waals surface area contributed by atoms with E-state index in [1.54, 1.807) is 12.1 Å². The van der Waals surface area contributed by atoms with Gasteiger partial charge in [0.25, 0.3) is 5.91 Å².